The monoisotopic (exact) mass is 489 g/mol. The van der Waals surface area contributed by atoms with Crippen molar-refractivity contribution in [2.24, 2.45) is 11.8 Å². The molecular weight excluding hydrogens is 460 g/mol. The number of fused-ring (bicyclic) bond motifs is 1. The summed E-state index contributed by atoms with van der Waals surface area (Å²) < 4.78 is 14.4. The van der Waals surface area contributed by atoms with Gasteiger partial charge in [0.25, 0.3) is 0 Å². The zero-order valence-electron chi connectivity index (χ0n) is 18.6. The quantitative estimate of drug-likeness (QED) is 0.420. The third-order valence-corrected chi connectivity index (χ3v) is 8.14. The van der Waals surface area contributed by atoms with Gasteiger partial charge in [0, 0.05) is 17.1 Å². The van der Waals surface area contributed by atoms with E-state index in [-0.39, 0.29) is 28.8 Å². The number of nitrogens with one attached hydrogen (secondary N) is 3. The minimum absolute atomic E-state index is 0.0552. The lowest BCUT2D eigenvalue weighted by atomic mass is 9.71. The molecule has 1 amide bonds. The van der Waals surface area contributed by atoms with Crippen molar-refractivity contribution in [3.8, 4) is 0 Å². The van der Waals surface area contributed by atoms with E-state index in [9.17, 15) is 9.18 Å². The van der Waals surface area contributed by atoms with Gasteiger partial charge in [-0.1, -0.05) is 67.4 Å². The molecule has 0 saturated heterocycles. The number of hydrogen-bond donors (Lipinski definition) is 3. The summed E-state index contributed by atoms with van der Waals surface area (Å²) in [5.41, 5.74) is 1.29. The van der Waals surface area contributed by atoms with E-state index in [1.54, 1.807) is 6.07 Å². The van der Waals surface area contributed by atoms with Crippen LogP contribution in [0.25, 0.3) is 0 Å². The first-order valence-electron chi connectivity index (χ1n) is 12.1. The maximum atomic E-state index is 14.4. The summed E-state index contributed by atoms with van der Waals surface area (Å²) in [6.45, 7) is 0. The SMILES string of the molecule is O=C(NC1CCCC1)C(C1CCCCC1)C1(c2ccc(Cl)cc2)Nc2cc(F)c(Cl)cc2N1. The van der Waals surface area contributed by atoms with Crippen LogP contribution >= 0.6 is 23.2 Å². The Bertz CT molecular complexity index is 986. The minimum atomic E-state index is -0.922. The summed E-state index contributed by atoms with van der Waals surface area (Å²) in [4.78, 5) is 14.0. The van der Waals surface area contributed by atoms with Crippen LogP contribution in [0.3, 0.4) is 0 Å². The molecular formula is C26H30Cl2FN3O. The van der Waals surface area contributed by atoms with E-state index in [1.807, 2.05) is 24.3 Å². The predicted octanol–water partition coefficient (Wildman–Crippen LogP) is 7.08. The van der Waals surface area contributed by atoms with Crippen molar-refractivity contribution in [2.45, 2.75) is 69.5 Å². The molecule has 2 atom stereocenters. The molecule has 2 fully saturated rings. The van der Waals surface area contributed by atoms with E-state index >= 15 is 0 Å². The first-order valence-corrected chi connectivity index (χ1v) is 12.8. The van der Waals surface area contributed by atoms with Gasteiger partial charge in [0.05, 0.1) is 22.3 Å². The Hall–Kier alpha value is -1.98. The summed E-state index contributed by atoms with van der Waals surface area (Å²) in [5, 5.41) is 11.2. The summed E-state index contributed by atoms with van der Waals surface area (Å²) in [6, 6.07) is 10.8. The van der Waals surface area contributed by atoms with E-state index in [0.29, 0.717) is 16.4 Å². The van der Waals surface area contributed by atoms with Gasteiger partial charge in [0.1, 0.15) is 11.5 Å². The maximum absolute atomic E-state index is 14.4. The third kappa shape index (κ3) is 4.42. The molecule has 0 aromatic heterocycles. The number of carbonyl (C=O) groups excluding carboxylic acids is 1. The second-order valence-electron chi connectivity index (χ2n) is 9.74. The van der Waals surface area contributed by atoms with Crippen molar-refractivity contribution >= 4 is 40.5 Å². The molecule has 7 heteroatoms. The lowest BCUT2D eigenvalue weighted by molar-refractivity contribution is -0.130. The van der Waals surface area contributed by atoms with E-state index in [2.05, 4.69) is 16.0 Å². The molecule has 1 aliphatic heterocycles. The molecule has 3 aliphatic rings. The van der Waals surface area contributed by atoms with Crippen LogP contribution < -0.4 is 16.0 Å². The molecule has 176 valence electrons. The zero-order chi connectivity index (χ0) is 23.0. The van der Waals surface area contributed by atoms with Crippen molar-refractivity contribution in [2.75, 3.05) is 10.6 Å². The van der Waals surface area contributed by atoms with Crippen molar-refractivity contribution in [1.82, 2.24) is 5.32 Å². The molecule has 0 radical (unpaired) electrons. The van der Waals surface area contributed by atoms with Crippen molar-refractivity contribution in [3.63, 3.8) is 0 Å². The van der Waals surface area contributed by atoms with Crippen LogP contribution in [0.15, 0.2) is 36.4 Å². The van der Waals surface area contributed by atoms with Crippen molar-refractivity contribution in [1.29, 1.82) is 0 Å². The minimum Gasteiger partial charge on any atom is -0.357 e. The third-order valence-electron chi connectivity index (χ3n) is 7.60. The van der Waals surface area contributed by atoms with Gasteiger partial charge in [-0.2, -0.15) is 0 Å². The van der Waals surface area contributed by atoms with Gasteiger partial charge in [0.15, 0.2) is 0 Å². The molecule has 1 heterocycles. The number of rotatable bonds is 5. The number of benzene rings is 2. The number of hydrogen-bond acceptors (Lipinski definition) is 3. The highest BCUT2D eigenvalue weighted by Crippen LogP contribution is 2.50. The van der Waals surface area contributed by atoms with Crippen LogP contribution in [0.5, 0.6) is 0 Å². The Labute approximate surface area is 204 Å². The van der Waals surface area contributed by atoms with Gasteiger partial charge in [0.2, 0.25) is 5.91 Å². The van der Waals surface area contributed by atoms with Gasteiger partial charge in [-0.3, -0.25) is 4.79 Å². The molecule has 2 aromatic rings. The highest BCUT2D eigenvalue weighted by molar-refractivity contribution is 6.31. The lowest BCUT2D eigenvalue weighted by Gasteiger charge is -2.43. The number of amides is 1. The van der Waals surface area contributed by atoms with E-state index in [0.717, 1.165) is 56.9 Å². The molecule has 2 unspecified atom stereocenters. The summed E-state index contributed by atoms with van der Waals surface area (Å²) in [7, 11) is 0. The Morgan fingerprint density at radius 1 is 0.939 bits per heavy atom. The Morgan fingerprint density at radius 2 is 1.55 bits per heavy atom. The molecule has 2 saturated carbocycles. The van der Waals surface area contributed by atoms with E-state index < -0.39 is 11.5 Å². The fourth-order valence-electron chi connectivity index (χ4n) is 5.99. The Kier molecular flexibility index (Phi) is 6.45. The average molecular weight is 490 g/mol. The van der Waals surface area contributed by atoms with Gasteiger partial charge in [-0.05, 0) is 55.4 Å². The number of halogens is 3. The van der Waals surface area contributed by atoms with Gasteiger partial charge in [-0.15, -0.1) is 0 Å². The summed E-state index contributed by atoms with van der Waals surface area (Å²) in [6.07, 6.45) is 9.77. The fourth-order valence-corrected chi connectivity index (χ4v) is 6.28. The predicted molar refractivity (Wildman–Crippen MR) is 132 cm³/mol. The van der Waals surface area contributed by atoms with Crippen LogP contribution in [0.2, 0.25) is 10.0 Å². The summed E-state index contributed by atoms with van der Waals surface area (Å²) >= 11 is 12.3. The molecule has 0 bridgehead atoms. The van der Waals surface area contributed by atoms with Crippen LogP contribution in [-0.4, -0.2) is 11.9 Å². The number of carbonyl (C=O) groups is 1. The number of anilines is 2. The largest absolute Gasteiger partial charge is 0.357 e. The summed E-state index contributed by atoms with van der Waals surface area (Å²) in [5.74, 6) is -0.608. The second kappa shape index (κ2) is 9.34. The topological polar surface area (TPSA) is 53.2 Å². The smallest absolute Gasteiger partial charge is 0.228 e. The molecule has 33 heavy (non-hydrogen) atoms. The molecule has 0 spiro atoms. The zero-order valence-corrected chi connectivity index (χ0v) is 20.1. The normalized spacial score (nSPS) is 24.1. The van der Waals surface area contributed by atoms with Gasteiger partial charge < -0.3 is 16.0 Å². The molecule has 2 aromatic carbocycles. The molecule has 2 aliphatic carbocycles. The Balaban J connectivity index is 1.60. The van der Waals surface area contributed by atoms with Crippen molar-refractivity contribution in [3.05, 3.63) is 57.8 Å². The van der Waals surface area contributed by atoms with Crippen LogP contribution in [0.4, 0.5) is 15.8 Å². The second-order valence-corrected chi connectivity index (χ2v) is 10.6. The van der Waals surface area contributed by atoms with E-state index in [4.69, 9.17) is 23.2 Å². The highest BCUT2D eigenvalue weighted by atomic mass is 35.5. The van der Waals surface area contributed by atoms with Crippen molar-refractivity contribution < 1.29 is 9.18 Å². The lowest BCUT2D eigenvalue weighted by Crippen LogP contribution is -2.56. The first kappa shape index (κ1) is 22.8. The van der Waals surface area contributed by atoms with Gasteiger partial charge >= 0.3 is 0 Å². The van der Waals surface area contributed by atoms with Crippen LogP contribution in [0, 0.1) is 17.7 Å². The van der Waals surface area contributed by atoms with Crippen LogP contribution in [-0.2, 0) is 10.5 Å². The average Bonchev–Trinajstić information content (AvgIpc) is 3.44. The highest BCUT2D eigenvalue weighted by Gasteiger charge is 2.52. The van der Waals surface area contributed by atoms with Crippen LogP contribution in [0.1, 0.15) is 63.4 Å². The molecule has 3 N–H and O–H groups in total. The Morgan fingerprint density at radius 3 is 2.21 bits per heavy atom. The first-order chi connectivity index (χ1) is 16.0. The maximum Gasteiger partial charge on any atom is 0.228 e. The molecule has 5 rings (SSSR count). The van der Waals surface area contributed by atoms with Gasteiger partial charge in [-0.25, -0.2) is 4.39 Å². The standard InChI is InChI=1S/C26H30Cl2FN3O/c27-18-12-10-17(11-13-18)26(31-22-14-20(28)21(29)15-23(22)32-26)24(16-6-2-1-3-7-16)25(33)30-19-8-4-5-9-19/h10-16,19,24,31-32H,1-9H2,(H,30,33). The van der Waals surface area contributed by atoms with E-state index in [1.165, 1.54) is 12.5 Å². The molecule has 4 nitrogen and oxygen atoms in total. The fraction of sp³-hybridized carbons (Fsp3) is 0.500.